The average molecular weight is 235 g/mol. The lowest BCUT2D eigenvalue weighted by Gasteiger charge is -2.03. The van der Waals surface area contributed by atoms with Crippen LogP contribution in [0, 0.1) is 11.6 Å². The van der Waals surface area contributed by atoms with E-state index in [2.05, 4.69) is 15.9 Å². The summed E-state index contributed by atoms with van der Waals surface area (Å²) >= 11 is 3.03. The molecule has 0 heterocycles. The van der Waals surface area contributed by atoms with Crippen LogP contribution in [0.25, 0.3) is 0 Å². The summed E-state index contributed by atoms with van der Waals surface area (Å²) < 4.78 is 26.1. The predicted octanol–water partition coefficient (Wildman–Crippen LogP) is 3.42. The molecule has 0 amide bonds. The molecule has 3 heteroatoms. The second-order valence-electron chi connectivity index (χ2n) is 2.53. The molecule has 66 valence electrons. The van der Waals surface area contributed by atoms with E-state index in [1.165, 1.54) is 12.1 Å². The minimum absolute atomic E-state index is 0.104. The minimum atomic E-state index is -0.469. The van der Waals surface area contributed by atoms with Gasteiger partial charge < -0.3 is 0 Å². The molecule has 0 N–H and O–H groups in total. The van der Waals surface area contributed by atoms with Crippen LogP contribution < -0.4 is 0 Å². The third kappa shape index (κ3) is 1.83. The van der Waals surface area contributed by atoms with Gasteiger partial charge in [0.25, 0.3) is 0 Å². The van der Waals surface area contributed by atoms with Crippen LogP contribution in [-0.2, 0) is 11.8 Å². The lowest BCUT2D eigenvalue weighted by Crippen LogP contribution is -1.94. The largest absolute Gasteiger partial charge is 0.207 e. The van der Waals surface area contributed by atoms with Crippen LogP contribution >= 0.6 is 15.9 Å². The molecule has 0 radical (unpaired) electrons. The summed E-state index contributed by atoms with van der Waals surface area (Å²) in [7, 11) is 0. The molecular weight excluding hydrogens is 226 g/mol. The second kappa shape index (κ2) is 3.99. The van der Waals surface area contributed by atoms with Crippen LogP contribution in [0.1, 0.15) is 18.1 Å². The van der Waals surface area contributed by atoms with E-state index in [4.69, 9.17) is 0 Å². The van der Waals surface area contributed by atoms with Crippen LogP contribution in [0.3, 0.4) is 0 Å². The Morgan fingerprint density at radius 1 is 1.25 bits per heavy atom. The summed E-state index contributed by atoms with van der Waals surface area (Å²) in [6.07, 6.45) is 0.649. The lowest BCUT2D eigenvalue weighted by molar-refractivity contribution is 0.563. The summed E-state index contributed by atoms with van der Waals surface area (Å²) in [6.45, 7) is 1.86. The molecule has 0 aromatic heterocycles. The van der Waals surface area contributed by atoms with Crippen LogP contribution in [0.2, 0.25) is 0 Å². The molecule has 0 atom stereocenters. The highest BCUT2D eigenvalue weighted by molar-refractivity contribution is 9.08. The monoisotopic (exact) mass is 234 g/mol. The van der Waals surface area contributed by atoms with Gasteiger partial charge in [-0.3, -0.25) is 0 Å². The van der Waals surface area contributed by atoms with Crippen molar-refractivity contribution in [3.8, 4) is 0 Å². The van der Waals surface area contributed by atoms with Crippen molar-refractivity contribution in [3.05, 3.63) is 34.9 Å². The predicted molar refractivity (Wildman–Crippen MR) is 48.4 cm³/mol. The smallest absolute Gasteiger partial charge is 0.130 e. The molecule has 0 fully saturated rings. The zero-order valence-corrected chi connectivity index (χ0v) is 8.29. The summed E-state index contributed by atoms with van der Waals surface area (Å²) in [5.41, 5.74) is 0.793. The maximum absolute atomic E-state index is 13.0. The first kappa shape index (κ1) is 9.65. The Labute approximate surface area is 78.7 Å². The van der Waals surface area contributed by atoms with Gasteiger partial charge in [0.2, 0.25) is 0 Å². The molecule has 0 nitrogen and oxygen atoms in total. The fourth-order valence-electron chi connectivity index (χ4n) is 0.987. The van der Waals surface area contributed by atoms with Gasteiger partial charge in [0.15, 0.2) is 0 Å². The molecule has 1 aromatic carbocycles. The molecule has 0 spiro atoms. The Bertz CT molecular complexity index is 261. The summed E-state index contributed by atoms with van der Waals surface area (Å²) in [5, 5.41) is 0.217. The second-order valence-corrected chi connectivity index (χ2v) is 3.09. The van der Waals surface area contributed by atoms with Crippen LogP contribution in [0.15, 0.2) is 12.1 Å². The Balaban J connectivity index is 3.18. The number of alkyl halides is 1. The Morgan fingerprint density at radius 2 is 1.75 bits per heavy atom. The highest BCUT2D eigenvalue weighted by atomic mass is 79.9. The van der Waals surface area contributed by atoms with E-state index < -0.39 is 11.6 Å². The Morgan fingerprint density at radius 3 is 2.08 bits per heavy atom. The van der Waals surface area contributed by atoms with Crippen molar-refractivity contribution in [3.63, 3.8) is 0 Å². The van der Waals surface area contributed by atoms with Crippen molar-refractivity contribution in [2.75, 3.05) is 0 Å². The number of halogens is 3. The van der Waals surface area contributed by atoms with E-state index in [0.29, 0.717) is 12.0 Å². The van der Waals surface area contributed by atoms with Crippen molar-refractivity contribution < 1.29 is 8.78 Å². The molecule has 0 saturated heterocycles. The van der Waals surface area contributed by atoms with Crippen molar-refractivity contribution in [1.29, 1.82) is 0 Å². The van der Waals surface area contributed by atoms with Gasteiger partial charge >= 0.3 is 0 Å². The third-order valence-electron chi connectivity index (χ3n) is 1.74. The number of hydrogen-bond acceptors (Lipinski definition) is 0. The normalized spacial score (nSPS) is 10.3. The fourth-order valence-corrected chi connectivity index (χ4v) is 1.52. The maximum Gasteiger partial charge on any atom is 0.130 e. The van der Waals surface area contributed by atoms with E-state index >= 15 is 0 Å². The van der Waals surface area contributed by atoms with Crippen LogP contribution in [0.4, 0.5) is 8.78 Å². The quantitative estimate of drug-likeness (QED) is 0.689. The summed E-state index contributed by atoms with van der Waals surface area (Å²) in [5.74, 6) is -0.938. The zero-order chi connectivity index (χ0) is 9.14. The first-order chi connectivity index (χ1) is 5.69. The van der Waals surface area contributed by atoms with Crippen LogP contribution in [-0.4, -0.2) is 0 Å². The molecule has 1 aromatic rings. The molecule has 0 aliphatic rings. The molecule has 0 bridgehead atoms. The van der Waals surface area contributed by atoms with E-state index in [1.807, 2.05) is 6.92 Å². The molecule has 1 rings (SSSR count). The van der Waals surface area contributed by atoms with E-state index in [9.17, 15) is 8.78 Å². The van der Waals surface area contributed by atoms with Crippen molar-refractivity contribution >= 4 is 15.9 Å². The first-order valence-corrected chi connectivity index (χ1v) is 4.84. The van der Waals surface area contributed by atoms with Gasteiger partial charge in [-0.2, -0.15) is 0 Å². The molecule has 0 saturated carbocycles. The maximum atomic E-state index is 13.0. The van der Waals surface area contributed by atoms with Gasteiger partial charge in [-0.25, -0.2) is 8.78 Å². The van der Waals surface area contributed by atoms with Gasteiger partial charge in [0, 0.05) is 10.9 Å². The van der Waals surface area contributed by atoms with Gasteiger partial charge in [0.05, 0.1) is 0 Å². The van der Waals surface area contributed by atoms with Gasteiger partial charge in [-0.05, 0) is 24.1 Å². The molecule has 0 unspecified atom stereocenters. The third-order valence-corrected chi connectivity index (χ3v) is 2.30. The van der Waals surface area contributed by atoms with E-state index in [1.54, 1.807) is 0 Å². The minimum Gasteiger partial charge on any atom is -0.207 e. The van der Waals surface area contributed by atoms with Gasteiger partial charge in [-0.1, -0.05) is 22.9 Å². The highest BCUT2D eigenvalue weighted by Crippen LogP contribution is 2.18. The zero-order valence-electron chi connectivity index (χ0n) is 6.70. The van der Waals surface area contributed by atoms with Gasteiger partial charge in [0.1, 0.15) is 11.6 Å². The number of benzene rings is 1. The van der Waals surface area contributed by atoms with Crippen molar-refractivity contribution in [2.45, 2.75) is 18.7 Å². The van der Waals surface area contributed by atoms with Crippen molar-refractivity contribution in [2.24, 2.45) is 0 Å². The SMILES string of the molecule is CCc1cc(F)c(CBr)c(F)c1. The van der Waals surface area contributed by atoms with Crippen molar-refractivity contribution in [1.82, 2.24) is 0 Å². The Kier molecular flexibility index (Phi) is 3.20. The number of rotatable bonds is 2. The summed E-state index contributed by atoms with van der Waals surface area (Å²) in [6, 6.07) is 2.75. The summed E-state index contributed by atoms with van der Waals surface area (Å²) in [4.78, 5) is 0. The lowest BCUT2D eigenvalue weighted by atomic mass is 10.1. The van der Waals surface area contributed by atoms with E-state index in [0.717, 1.165) is 0 Å². The van der Waals surface area contributed by atoms with Gasteiger partial charge in [-0.15, -0.1) is 0 Å². The molecule has 0 aliphatic heterocycles. The standard InChI is InChI=1S/C9H9BrF2/c1-2-6-3-8(11)7(5-10)9(12)4-6/h3-4H,2,5H2,1H3. The first-order valence-electron chi connectivity index (χ1n) is 3.71. The topological polar surface area (TPSA) is 0 Å². The van der Waals surface area contributed by atoms with E-state index in [-0.39, 0.29) is 10.9 Å². The Hall–Kier alpha value is -0.440. The molecule has 12 heavy (non-hydrogen) atoms. The average Bonchev–Trinajstić information content (AvgIpc) is 2.03. The number of aryl methyl sites for hydroxylation is 1. The highest BCUT2D eigenvalue weighted by Gasteiger charge is 2.08. The molecular formula is C9H9BrF2. The number of hydrogen-bond donors (Lipinski definition) is 0. The fraction of sp³-hybridized carbons (Fsp3) is 0.333. The molecule has 0 aliphatic carbocycles. The van der Waals surface area contributed by atoms with Crippen LogP contribution in [0.5, 0.6) is 0 Å².